The van der Waals surface area contributed by atoms with Crippen molar-refractivity contribution < 1.29 is 57.1 Å². The molecule has 6 unspecified atom stereocenters. The molecule has 0 bridgehead atoms. The summed E-state index contributed by atoms with van der Waals surface area (Å²) in [6.07, 6.45) is 74.0. The second-order valence-corrected chi connectivity index (χ2v) is 38.1. The monoisotopic (exact) mass is 1700 g/mol. The van der Waals surface area contributed by atoms with Crippen LogP contribution in [0.3, 0.4) is 0 Å². The van der Waals surface area contributed by atoms with Crippen LogP contribution < -0.4 is 0 Å². The van der Waals surface area contributed by atoms with Crippen LogP contribution in [-0.4, -0.2) is 163 Å². The van der Waals surface area contributed by atoms with Gasteiger partial charge in [-0.2, -0.15) is 0 Å². The van der Waals surface area contributed by atoms with E-state index in [2.05, 4.69) is 77.1 Å². The molecule has 2 heterocycles. The number of ether oxygens (including phenoxy) is 7. The van der Waals surface area contributed by atoms with Crippen LogP contribution in [0.2, 0.25) is 0 Å². The molecule has 0 aliphatic carbocycles. The average molecular weight is 1700 g/mol. The van der Waals surface area contributed by atoms with Gasteiger partial charge in [-0.15, -0.1) is 0 Å². The standard InChI is InChI=1S/C105H201N3O12/c1-10-18-38-56-93(57-39-19-11-2)71-84-116-101(109)66-48-34-26-24-32-46-64-100(120-105(113)70-52-75-108-81-88-114-89-82-108)65-47-33-25-27-35-49-67-103(111)118-86-73-95(60-42-22-14-5)90-98(54-16-7)99(55-17-8)91-96(61-43-23-15-6)74-87-119-104(112)69-51-37-29-31-45-63-97(92-115-83-53-76-107-79-77-106(9)78-80-107)62-44-30-28-36-50-68-102(110)117-85-72-94(58-40-20-12-3)59-41-21-13-4/h93-100H,10-92H2,1-9H3. The van der Waals surface area contributed by atoms with E-state index in [1.165, 1.54) is 238 Å². The molecule has 2 fully saturated rings. The Morgan fingerprint density at radius 1 is 0.267 bits per heavy atom. The molecule has 15 nitrogen and oxygen atoms in total. The molecule has 2 aliphatic rings. The highest BCUT2D eigenvalue weighted by atomic mass is 16.6. The summed E-state index contributed by atoms with van der Waals surface area (Å²) in [5.74, 6) is 4.21. The van der Waals surface area contributed by atoms with Crippen LogP contribution in [0, 0.1) is 41.4 Å². The minimum absolute atomic E-state index is 0.00515. The van der Waals surface area contributed by atoms with Crippen LogP contribution in [0.5, 0.6) is 0 Å². The number of carbonyl (C=O) groups is 5. The molecule has 0 spiro atoms. The Hall–Kier alpha value is -2.85. The topological polar surface area (TPSA) is 160 Å². The van der Waals surface area contributed by atoms with Gasteiger partial charge in [-0.1, -0.05) is 338 Å². The molecule has 120 heavy (non-hydrogen) atoms. The number of unbranched alkanes of at least 4 members (excludes halogenated alkanes) is 30. The number of rotatable bonds is 90. The summed E-state index contributed by atoms with van der Waals surface area (Å²) in [4.78, 5) is 72.5. The summed E-state index contributed by atoms with van der Waals surface area (Å²) in [7, 11) is 2.22. The molecule has 0 aromatic rings. The van der Waals surface area contributed by atoms with Gasteiger partial charge in [0.05, 0.1) is 39.6 Å². The first-order valence-electron chi connectivity index (χ1n) is 52.9. The zero-order valence-corrected chi connectivity index (χ0v) is 81.0. The van der Waals surface area contributed by atoms with Gasteiger partial charge in [0, 0.05) is 91.1 Å². The van der Waals surface area contributed by atoms with Gasteiger partial charge in [0.15, 0.2) is 0 Å². The largest absolute Gasteiger partial charge is 0.466 e. The SMILES string of the molecule is CCCCCC(CCCCC)CCOC(=O)CCCCCCCCC(CCCCCCCCC(=O)OCCC(CCCCC)CC(CCC)C(CCC)CC(CCCCC)CCOC(=O)CCCCCCCC(CCCCCCCC(=O)OCCC(CCCCC)CCCCC)COCCCN1CCN(C)CC1)OC(=O)CCCN1CCOCC1. The van der Waals surface area contributed by atoms with E-state index in [1.807, 2.05) is 0 Å². The molecule has 0 N–H and O–H groups in total. The lowest BCUT2D eigenvalue weighted by Gasteiger charge is -2.33. The van der Waals surface area contributed by atoms with Crippen LogP contribution in [0.25, 0.3) is 0 Å². The summed E-state index contributed by atoms with van der Waals surface area (Å²) < 4.78 is 41.7. The highest BCUT2D eigenvalue weighted by Gasteiger charge is 2.28. The Bertz CT molecular complexity index is 2240. The van der Waals surface area contributed by atoms with Crippen LogP contribution in [0.4, 0.5) is 0 Å². The molecule has 2 aliphatic heterocycles. The Morgan fingerprint density at radius 3 is 0.917 bits per heavy atom. The lowest BCUT2D eigenvalue weighted by Crippen LogP contribution is -2.44. The Morgan fingerprint density at radius 2 is 0.558 bits per heavy atom. The smallest absolute Gasteiger partial charge is 0.306 e. The number of morpholine rings is 1. The Kier molecular flexibility index (Phi) is 79.6. The molecular weight excluding hydrogens is 1500 g/mol. The van der Waals surface area contributed by atoms with E-state index in [9.17, 15) is 24.0 Å². The van der Waals surface area contributed by atoms with E-state index in [0.717, 1.165) is 239 Å². The molecule has 0 aromatic heterocycles. The van der Waals surface area contributed by atoms with Crippen molar-refractivity contribution in [1.29, 1.82) is 0 Å². The molecule has 2 rings (SSSR count). The zero-order chi connectivity index (χ0) is 86.9. The first-order chi connectivity index (χ1) is 58.8. The van der Waals surface area contributed by atoms with Crippen LogP contribution in [0.1, 0.15) is 486 Å². The molecule has 0 amide bonds. The van der Waals surface area contributed by atoms with E-state index < -0.39 is 0 Å². The molecule has 15 heteroatoms. The summed E-state index contributed by atoms with van der Waals surface area (Å²) in [5, 5.41) is 0. The molecular formula is C105H201N3O12. The first-order valence-corrected chi connectivity index (χ1v) is 52.9. The van der Waals surface area contributed by atoms with Crippen LogP contribution in [-0.2, 0) is 57.1 Å². The lowest BCUT2D eigenvalue weighted by atomic mass is 9.73. The van der Waals surface area contributed by atoms with Crippen molar-refractivity contribution in [2.45, 2.75) is 492 Å². The minimum atomic E-state index is -0.0608. The van der Waals surface area contributed by atoms with Gasteiger partial charge >= 0.3 is 29.8 Å². The number of nitrogens with zero attached hydrogens (tertiary/aromatic N) is 3. The summed E-state index contributed by atoms with van der Waals surface area (Å²) in [6.45, 7) is 32.4. The number of esters is 5. The quantitative estimate of drug-likeness (QED) is 0.0321. The fourth-order valence-electron chi connectivity index (χ4n) is 19.0. The first kappa shape index (κ1) is 113. The second-order valence-electron chi connectivity index (χ2n) is 38.1. The zero-order valence-electron chi connectivity index (χ0n) is 81.0. The molecule has 708 valence electrons. The maximum Gasteiger partial charge on any atom is 0.306 e. The number of likely N-dealkylation sites (N-methyl/N-ethyl adjacent to an activating group) is 1. The average Bonchev–Trinajstić information content (AvgIpc) is 0.877. The van der Waals surface area contributed by atoms with Crippen molar-refractivity contribution in [3.8, 4) is 0 Å². The van der Waals surface area contributed by atoms with Gasteiger partial charge in [-0.3, -0.25) is 28.9 Å². The predicted molar refractivity (Wildman–Crippen MR) is 505 cm³/mol. The van der Waals surface area contributed by atoms with E-state index in [-0.39, 0.29) is 36.0 Å². The maximum absolute atomic E-state index is 13.3. The third-order valence-electron chi connectivity index (χ3n) is 27.0. The van der Waals surface area contributed by atoms with Crippen molar-refractivity contribution in [2.75, 3.05) is 112 Å². The summed E-state index contributed by atoms with van der Waals surface area (Å²) >= 11 is 0. The molecule has 0 aromatic carbocycles. The summed E-state index contributed by atoms with van der Waals surface area (Å²) in [6, 6.07) is 0. The third kappa shape index (κ3) is 69.3. The van der Waals surface area contributed by atoms with Crippen molar-refractivity contribution in [3.63, 3.8) is 0 Å². The number of carbonyl (C=O) groups excluding carboxylic acids is 5. The third-order valence-corrected chi connectivity index (χ3v) is 27.0. The molecule has 6 atom stereocenters. The Labute approximate surface area is 743 Å². The van der Waals surface area contributed by atoms with Gasteiger partial charge in [-0.25, -0.2) is 0 Å². The number of hydrogen-bond donors (Lipinski definition) is 0. The second kappa shape index (κ2) is 84.3. The van der Waals surface area contributed by atoms with Crippen molar-refractivity contribution >= 4 is 29.8 Å². The fourth-order valence-corrected chi connectivity index (χ4v) is 19.0. The van der Waals surface area contributed by atoms with Gasteiger partial charge in [-0.05, 0) is 171 Å². The van der Waals surface area contributed by atoms with Gasteiger partial charge in [0.2, 0.25) is 0 Å². The summed E-state index contributed by atoms with van der Waals surface area (Å²) in [5.41, 5.74) is 0. The molecule has 0 saturated carbocycles. The van der Waals surface area contributed by atoms with Crippen molar-refractivity contribution in [1.82, 2.24) is 14.7 Å². The predicted octanol–water partition coefficient (Wildman–Crippen LogP) is 28.3. The number of piperazine rings is 1. The van der Waals surface area contributed by atoms with Crippen molar-refractivity contribution in [3.05, 3.63) is 0 Å². The normalized spacial score (nSPS) is 15.3. The maximum atomic E-state index is 13.3. The minimum Gasteiger partial charge on any atom is -0.466 e. The van der Waals surface area contributed by atoms with E-state index >= 15 is 0 Å². The Balaban J connectivity index is 1.81. The van der Waals surface area contributed by atoms with Gasteiger partial charge < -0.3 is 43.0 Å². The van der Waals surface area contributed by atoms with Gasteiger partial charge in [0.25, 0.3) is 0 Å². The van der Waals surface area contributed by atoms with E-state index in [0.29, 0.717) is 100.0 Å². The van der Waals surface area contributed by atoms with E-state index in [4.69, 9.17) is 33.2 Å². The lowest BCUT2D eigenvalue weighted by molar-refractivity contribution is -0.150. The number of hydrogen-bond acceptors (Lipinski definition) is 15. The van der Waals surface area contributed by atoms with Gasteiger partial charge in [0.1, 0.15) is 6.10 Å². The fraction of sp³-hybridized carbons (Fsp3) is 0.952. The highest BCUT2D eigenvalue weighted by Crippen LogP contribution is 2.38. The van der Waals surface area contributed by atoms with Crippen molar-refractivity contribution in [2.24, 2.45) is 41.4 Å². The van der Waals surface area contributed by atoms with Crippen LogP contribution in [0.15, 0.2) is 0 Å². The molecule has 2 saturated heterocycles. The van der Waals surface area contributed by atoms with E-state index in [1.54, 1.807) is 0 Å². The van der Waals surface area contributed by atoms with Crippen LogP contribution >= 0.6 is 0 Å². The highest BCUT2D eigenvalue weighted by molar-refractivity contribution is 5.70. The molecule has 0 radical (unpaired) electrons.